The van der Waals surface area contributed by atoms with Gasteiger partial charge in [-0.1, -0.05) is 18.2 Å². The van der Waals surface area contributed by atoms with Crippen molar-refractivity contribution in [1.29, 1.82) is 0 Å². The summed E-state index contributed by atoms with van der Waals surface area (Å²) in [5.41, 5.74) is 2.66. The van der Waals surface area contributed by atoms with Crippen LogP contribution in [0.4, 0.5) is 5.69 Å². The molecule has 3 heteroatoms. The summed E-state index contributed by atoms with van der Waals surface area (Å²) >= 11 is 0. The Labute approximate surface area is 133 Å². The van der Waals surface area contributed by atoms with Gasteiger partial charge < -0.3 is 4.90 Å². The second-order valence-electron chi connectivity index (χ2n) is 6.94. The van der Waals surface area contributed by atoms with Crippen LogP contribution in [0.15, 0.2) is 41.6 Å². The molecule has 1 saturated carbocycles. The van der Waals surface area contributed by atoms with Crippen LogP contribution in [0, 0.1) is 5.92 Å². The molecule has 0 N–H and O–H groups in total. The van der Waals surface area contributed by atoms with Crippen molar-refractivity contribution in [2.24, 2.45) is 11.0 Å². The highest BCUT2D eigenvalue weighted by Gasteiger charge is 2.40. The summed E-state index contributed by atoms with van der Waals surface area (Å²) in [6.45, 7) is 4.99. The quantitative estimate of drug-likeness (QED) is 0.836. The van der Waals surface area contributed by atoms with Crippen LogP contribution in [0.1, 0.15) is 44.1 Å². The van der Waals surface area contributed by atoms with E-state index in [0.29, 0.717) is 0 Å². The summed E-state index contributed by atoms with van der Waals surface area (Å²) < 4.78 is 0. The molecular weight excluding hydrogens is 270 g/mol. The number of rotatable bonds is 4. The van der Waals surface area contributed by atoms with Crippen LogP contribution in [-0.4, -0.2) is 30.2 Å². The Kier molecular flexibility index (Phi) is 3.75. The molecule has 3 aliphatic rings. The Hall–Kier alpha value is -1.61. The van der Waals surface area contributed by atoms with Gasteiger partial charge in [0.15, 0.2) is 0 Å². The highest BCUT2D eigenvalue weighted by molar-refractivity contribution is 5.65. The topological polar surface area (TPSA) is 18.8 Å². The van der Waals surface area contributed by atoms with E-state index in [1.54, 1.807) is 0 Å². The Bertz CT molecular complexity index is 563. The molecule has 0 radical (unpaired) electrons. The first-order chi connectivity index (χ1) is 10.8. The van der Waals surface area contributed by atoms with Crippen LogP contribution >= 0.6 is 0 Å². The molecule has 3 nitrogen and oxygen atoms in total. The van der Waals surface area contributed by atoms with Crippen LogP contribution in [0.5, 0.6) is 0 Å². The second-order valence-corrected chi connectivity index (χ2v) is 6.94. The molecule has 0 aromatic heterocycles. The maximum atomic E-state index is 4.40. The van der Waals surface area contributed by atoms with E-state index in [1.807, 2.05) is 17.4 Å². The molecule has 116 valence electrons. The van der Waals surface area contributed by atoms with E-state index in [1.165, 1.54) is 37.9 Å². The fourth-order valence-corrected chi connectivity index (χ4v) is 3.84. The van der Waals surface area contributed by atoms with Crippen molar-refractivity contribution in [1.82, 2.24) is 4.90 Å². The molecule has 1 aliphatic carbocycles. The van der Waals surface area contributed by atoms with E-state index in [9.17, 15) is 0 Å². The molecule has 0 unspecified atom stereocenters. The van der Waals surface area contributed by atoms with Crippen molar-refractivity contribution in [2.75, 3.05) is 18.1 Å². The lowest BCUT2D eigenvalue weighted by atomic mass is 10.1. The Morgan fingerprint density at radius 3 is 2.77 bits per heavy atom. The minimum absolute atomic E-state index is 0.780. The molecule has 22 heavy (non-hydrogen) atoms. The van der Waals surface area contributed by atoms with Crippen molar-refractivity contribution in [2.45, 2.75) is 44.6 Å². The maximum absolute atomic E-state index is 4.40. The first kappa shape index (κ1) is 14.0. The number of hydrogen-bond donors (Lipinski definition) is 0. The fraction of sp³-hybridized carbons (Fsp3) is 0.526. The minimum atomic E-state index is 0.780. The first-order valence-electron chi connectivity index (χ1n) is 8.63. The molecule has 1 saturated heterocycles. The smallest absolute Gasteiger partial charge is 0.0645 e. The third-order valence-corrected chi connectivity index (χ3v) is 5.36. The van der Waals surface area contributed by atoms with Crippen molar-refractivity contribution < 1.29 is 0 Å². The van der Waals surface area contributed by atoms with Gasteiger partial charge in [0.2, 0.25) is 0 Å². The number of hydrogen-bond acceptors (Lipinski definition) is 3. The van der Waals surface area contributed by atoms with Gasteiger partial charge in [-0.2, -0.15) is 5.10 Å². The molecule has 3 atom stereocenters. The molecule has 0 spiro atoms. The number of benzene rings is 1. The average molecular weight is 295 g/mol. The number of hydrazone groups is 1. The lowest BCUT2D eigenvalue weighted by molar-refractivity contribution is 0.256. The lowest BCUT2D eigenvalue weighted by Gasteiger charge is -2.21. The van der Waals surface area contributed by atoms with Crippen LogP contribution in [-0.2, 0) is 0 Å². The van der Waals surface area contributed by atoms with Gasteiger partial charge in [-0.05, 0) is 62.3 Å². The monoisotopic (exact) mass is 295 g/mol. The van der Waals surface area contributed by atoms with Gasteiger partial charge in [-0.15, -0.1) is 0 Å². The summed E-state index contributed by atoms with van der Waals surface area (Å²) in [5.74, 6) is 1.65. The number of allylic oxidation sites excluding steroid dienone is 1. The zero-order valence-corrected chi connectivity index (χ0v) is 13.4. The largest absolute Gasteiger partial charge is 0.300 e. The molecular formula is C19H25N3. The number of nitrogens with zero attached hydrogens (tertiary/aromatic N) is 3. The third-order valence-electron chi connectivity index (χ3n) is 5.36. The zero-order chi connectivity index (χ0) is 14.9. The van der Waals surface area contributed by atoms with Crippen molar-refractivity contribution in [3.8, 4) is 0 Å². The van der Waals surface area contributed by atoms with Crippen LogP contribution < -0.4 is 5.01 Å². The molecule has 1 aromatic rings. The standard InChI is InChI=1S/C19H25N3/c1-15-5-4-11-21(15)14-17-13-19(17)16-6-8-18(9-7-16)22-12-3-2-10-20-22/h3,6-10,12,15,17,19H,2,4-5,11,13-14H2,1H3/t15-,17-,19-/m1/s1. The molecule has 2 fully saturated rings. The van der Waals surface area contributed by atoms with Gasteiger partial charge >= 0.3 is 0 Å². The summed E-state index contributed by atoms with van der Waals surface area (Å²) in [5, 5.41) is 6.34. The predicted molar refractivity (Wildman–Crippen MR) is 92.3 cm³/mol. The minimum Gasteiger partial charge on any atom is -0.300 e. The van der Waals surface area contributed by atoms with E-state index >= 15 is 0 Å². The van der Waals surface area contributed by atoms with E-state index in [-0.39, 0.29) is 0 Å². The van der Waals surface area contributed by atoms with E-state index < -0.39 is 0 Å². The summed E-state index contributed by atoms with van der Waals surface area (Å²) in [7, 11) is 0. The summed E-state index contributed by atoms with van der Waals surface area (Å²) in [6, 6.07) is 9.80. The van der Waals surface area contributed by atoms with Gasteiger partial charge in [-0.25, -0.2) is 5.01 Å². The lowest BCUT2D eigenvalue weighted by Crippen LogP contribution is -2.29. The van der Waals surface area contributed by atoms with Crippen LogP contribution in [0.3, 0.4) is 0 Å². The predicted octanol–water partition coefficient (Wildman–Crippen LogP) is 3.98. The molecule has 4 rings (SSSR count). The van der Waals surface area contributed by atoms with Crippen molar-refractivity contribution in [3.63, 3.8) is 0 Å². The fourth-order valence-electron chi connectivity index (χ4n) is 3.84. The first-order valence-corrected chi connectivity index (χ1v) is 8.63. The normalized spacial score (nSPS) is 31.0. The van der Waals surface area contributed by atoms with Gasteiger partial charge in [0, 0.05) is 31.4 Å². The van der Waals surface area contributed by atoms with Gasteiger partial charge in [-0.3, -0.25) is 0 Å². The van der Waals surface area contributed by atoms with E-state index in [0.717, 1.165) is 30.0 Å². The Balaban J connectivity index is 1.37. The van der Waals surface area contributed by atoms with Gasteiger partial charge in [0.25, 0.3) is 0 Å². The summed E-state index contributed by atoms with van der Waals surface area (Å²) in [4.78, 5) is 2.69. The molecule has 0 amide bonds. The maximum Gasteiger partial charge on any atom is 0.0645 e. The van der Waals surface area contributed by atoms with Crippen molar-refractivity contribution >= 4 is 11.9 Å². The molecule has 1 aromatic carbocycles. The van der Waals surface area contributed by atoms with E-state index in [4.69, 9.17) is 0 Å². The highest BCUT2D eigenvalue weighted by atomic mass is 15.4. The highest BCUT2D eigenvalue weighted by Crippen LogP contribution is 2.48. The van der Waals surface area contributed by atoms with Gasteiger partial charge in [0.05, 0.1) is 5.69 Å². The Morgan fingerprint density at radius 1 is 1.23 bits per heavy atom. The summed E-state index contributed by atoms with van der Waals surface area (Å²) in [6.07, 6.45) is 11.2. The van der Waals surface area contributed by atoms with Crippen LogP contribution in [0.2, 0.25) is 0 Å². The van der Waals surface area contributed by atoms with E-state index in [2.05, 4.69) is 47.3 Å². The molecule has 0 bridgehead atoms. The van der Waals surface area contributed by atoms with Crippen LogP contribution in [0.25, 0.3) is 0 Å². The average Bonchev–Trinajstić information content (AvgIpc) is 3.23. The molecule has 2 heterocycles. The number of anilines is 1. The molecule has 2 aliphatic heterocycles. The Morgan fingerprint density at radius 2 is 2.09 bits per heavy atom. The SMILES string of the molecule is C[C@@H]1CCCN1C[C@H]1C[C@@H]1c1ccc(N2C=CCC=N2)cc1. The van der Waals surface area contributed by atoms with Crippen molar-refractivity contribution in [3.05, 3.63) is 42.1 Å². The second kappa shape index (κ2) is 5.88. The third kappa shape index (κ3) is 2.82. The van der Waals surface area contributed by atoms with Gasteiger partial charge in [0.1, 0.15) is 0 Å². The number of likely N-dealkylation sites (tertiary alicyclic amines) is 1. The zero-order valence-electron chi connectivity index (χ0n) is 13.4.